The van der Waals surface area contributed by atoms with Gasteiger partial charge in [-0.05, 0) is 17.5 Å². The van der Waals surface area contributed by atoms with E-state index in [0.717, 1.165) is 18.9 Å². The van der Waals surface area contributed by atoms with Crippen molar-refractivity contribution in [3.63, 3.8) is 0 Å². The summed E-state index contributed by atoms with van der Waals surface area (Å²) in [6, 6.07) is 20.8. The van der Waals surface area contributed by atoms with Gasteiger partial charge in [0.25, 0.3) is 0 Å². The second-order valence-corrected chi connectivity index (χ2v) is 5.18. The first-order valence-corrected chi connectivity index (χ1v) is 7.29. The molecule has 0 unspecified atom stereocenters. The maximum Gasteiger partial charge on any atom is 0.193 e. The Hall–Kier alpha value is -2.29. The monoisotopic (exact) mass is 281 g/mol. The molecule has 0 aromatic heterocycles. The van der Waals surface area contributed by atoms with E-state index in [2.05, 4.69) is 46.7 Å². The second-order valence-electron chi connectivity index (χ2n) is 5.18. The summed E-state index contributed by atoms with van der Waals surface area (Å²) in [5.74, 6) is 0.926. The zero-order chi connectivity index (χ0) is 14.9. The van der Waals surface area contributed by atoms with Crippen molar-refractivity contribution in [2.75, 3.05) is 20.6 Å². The summed E-state index contributed by atoms with van der Waals surface area (Å²) in [5, 5.41) is 3.41. The standard InChI is InChI=1S/C18H23N3/c1-21(2)18(20-15-17-11-7-4-8-12-17)19-14-13-16-9-5-3-6-10-16/h3-12H,13-15H2,1-2H3,(H,19,20). The number of hydrogen-bond acceptors (Lipinski definition) is 1. The Balaban J connectivity index is 1.87. The predicted molar refractivity (Wildman–Crippen MR) is 89.4 cm³/mol. The fraction of sp³-hybridized carbons (Fsp3) is 0.278. The zero-order valence-corrected chi connectivity index (χ0v) is 12.8. The van der Waals surface area contributed by atoms with Crippen LogP contribution in [0.2, 0.25) is 0 Å². The molecular formula is C18H23N3. The van der Waals surface area contributed by atoms with Gasteiger partial charge in [0, 0.05) is 20.6 Å². The topological polar surface area (TPSA) is 27.6 Å². The molecule has 3 nitrogen and oxygen atoms in total. The highest BCUT2D eigenvalue weighted by atomic mass is 15.3. The van der Waals surface area contributed by atoms with Gasteiger partial charge in [-0.15, -0.1) is 0 Å². The summed E-state index contributed by atoms with van der Waals surface area (Å²) in [4.78, 5) is 6.68. The highest BCUT2D eigenvalue weighted by molar-refractivity contribution is 5.79. The summed E-state index contributed by atoms with van der Waals surface area (Å²) in [6.45, 7) is 1.59. The van der Waals surface area contributed by atoms with Crippen molar-refractivity contribution in [3.8, 4) is 0 Å². The van der Waals surface area contributed by atoms with Crippen LogP contribution in [0.15, 0.2) is 65.7 Å². The van der Waals surface area contributed by atoms with Crippen LogP contribution in [0.3, 0.4) is 0 Å². The van der Waals surface area contributed by atoms with Gasteiger partial charge in [-0.3, -0.25) is 0 Å². The van der Waals surface area contributed by atoms with Gasteiger partial charge in [0.15, 0.2) is 5.96 Å². The van der Waals surface area contributed by atoms with E-state index in [9.17, 15) is 0 Å². The average molecular weight is 281 g/mol. The minimum atomic E-state index is 0.701. The minimum Gasteiger partial charge on any atom is -0.356 e. The van der Waals surface area contributed by atoms with Crippen LogP contribution in [0.5, 0.6) is 0 Å². The van der Waals surface area contributed by atoms with Crippen molar-refractivity contribution < 1.29 is 0 Å². The Labute approximate surface area is 127 Å². The van der Waals surface area contributed by atoms with E-state index in [0.29, 0.717) is 6.54 Å². The first-order valence-electron chi connectivity index (χ1n) is 7.29. The van der Waals surface area contributed by atoms with E-state index in [1.54, 1.807) is 0 Å². The molecule has 0 spiro atoms. The van der Waals surface area contributed by atoms with Crippen LogP contribution in [0.25, 0.3) is 0 Å². The summed E-state index contributed by atoms with van der Waals surface area (Å²) in [6.07, 6.45) is 0.999. The molecule has 0 radical (unpaired) electrons. The van der Waals surface area contributed by atoms with Gasteiger partial charge in [0.1, 0.15) is 0 Å². The first-order chi connectivity index (χ1) is 10.3. The van der Waals surface area contributed by atoms with E-state index >= 15 is 0 Å². The summed E-state index contributed by atoms with van der Waals surface area (Å²) >= 11 is 0. The van der Waals surface area contributed by atoms with Crippen LogP contribution in [0.4, 0.5) is 0 Å². The third kappa shape index (κ3) is 5.30. The van der Waals surface area contributed by atoms with E-state index in [4.69, 9.17) is 0 Å². The lowest BCUT2D eigenvalue weighted by Gasteiger charge is -2.17. The largest absolute Gasteiger partial charge is 0.356 e. The Kier molecular flexibility index (Phi) is 5.83. The molecule has 21 heavy (non-hydrogen) atoms. The molecule has 0 heterocycles. The number of nitrogens with zero attached hydrogens (tertiary/aromatic N) is 2. The minimum absolute atomic E-state index is 0.701. The lowest BCUT2D eigenvalue weighted by molar-refractivity contribution is 0.579. The Morgan fingerprint density at radius 1 is 0.905 bits per heavy atom. The van der Waals surface area contributed by atoms with Crippen molar-refractivity contribution in [2.45, 2.75) is 13.0 Å². The van der Waals surface area contributed by atoms with Crippen LogP contribution >= 0.6 is 0 Å². The van der Waals surface area contributed by atoms with Crippen molar-refractivity contribution in [3.05, 3.63) is 71.8 Å². The number of nitrogens with one attached hydrogen (secondary N) is 1. The van der Waals surface area contributed by atoms with Crippen LogP contribution in [-0.2, 0) is 13.0 Å². The Morgan fingerprint density at radius 2 is 1.48 bits per heavy atom. The molecule has 2 aromatic rings. The van der Waals surface area contributed by atoms with Crippen molar-refractivity contribution in [1.29, 1.82) is 0 Å². The normalized spacial score (nSPS) is 11.2. The molecule has 0 aliphatic heterocycles. The molecule has 0 bridgehead atoms. The van der Waals surface area contributed by atoms with E-state index in [1.165, 1.54) is 11.1 Å². The Bertz CT molecular complexity index is 547. The van der Waals surface area contributed by atoms with Gasteiger partial charge < -0.3 is 10.2 Å². The molecule has 0 aliphatic carbocycles. The van der Waals surface area contributed by atoms with E-state index < -0.39 is 0 Å². The van der Waals surface area contributed by atoms with Crippen molar-refractivity contribution >= 4 is 5.96 Å². The average Bonchev–Trinajstić information content (AvgIpc) is 2.52. The molecule has 3 heteroatoms. The summed E-state index contributed by atoms with van der Waals surface area (Å²) in [5.41, 5.74) is 2.56. The van der Waals surface area contributed by atoms with Gasteiger partial charge in [-0.25, -0.2) is 4.99 Å². The number of aliphatic imine (C=N–C) groups is 1. The van der Waals surface area contributed by atoms with Crippen molar-refractivity contribution in [2.24, 2.45) is 4.99 Å². The van der Waals surface area contributed by atoms with E-state index in [-0.39, 0.29) is 0 Å². The molecule has 0 atom stereocenters. The third-order valence-corrected chi connectivity index (χ3v) is 3.22. The lowest BCUT2D eigenvalue weighted by atomic mass is 10.1. The van der Waals surface area contributed by atoms with Gasteiger partial charge in [-0.1, -0.05) is 60.7 Å². The quantitative estimate of drug-likeness (QED) is 0.674. The molecule has 0 amide bonds. The first kappa shape index (κ1) is 15.1. The fourth-order valence-electron chi connectivity index (χ4n) is 2.07. The molecule has 0 saturated carbocycles. The summed E-state index contributed by atoms with van der Waals surface area (Å²) in [7, 11) is 4.03. The van der Waals surface area contributed by atoms with Gasteiger partial charge in [0.05, 0.1) is 6.54 Å². The van der Waals surface area contributed by atoms with Crippen LogP contribution < -0.4 is 5.32 Å². The van der Waals surface area contributed by atoms with Gasteiger partial charge in [-0.2, -0.15) is 0 Å². The highest BCUT2D eigenvalue weighted by Gasteiger charge is 2.01. The number of hydrogen-bond donors (Lipinski definition) is 1. The van der Waals surface area contributed by atoms with Crippen LogP contribution in [0, 0.1) is 0 Å². The zero-order valence-electron chi connectivity index (χ0n) is 12.8. The molecule has 0 saturated heterocycles. The smallest absolute Gasteiger partial charge is 0.193 e. The van der Waals surface area contributed by atoms with Crippen molar-refractivity contribution in [1.82, 2.24) is 10.2 Å². The predicted octanol–water partition coefficient (Wildman–Crippen LogP) is 2.94. The molecule has 2 rings (SSSR count). The Morgan fingerprint density at radius 3 is 2.05 bits per heavy atom. The molecule has 1 N–H and O–H groups in total. The molecular weight excluding hydrogens is 258 g/mol. The molecule has 0 aliphatic rings. The highest BCUT2D eigenvalue weighted by Crippen LogP contribution is 2.01. The van der Waals surface area contributed by atoms with Gasteiger partial charge in [0.2, 0.25) is 0 Å². The molecule has 2 aromatic carbocycles. The maximum atomic E-state index is 4.66. The molecule has 110 valence electrons. The number of rotatable bonds is 5. The van der Waals surface area contributed by atoms with Crippen LogP contribution in [-0.4, -0.2) is 31.5 Å². The second kappa shape index (κ2) is 8.10. The lowest BCUT2D eigenvalue weighted by Crippen LogP contribution is -2.37. The number of benzene rings is 2. The SMILES string of the molecule is CN(C)C(=NCc1ccccc1)NCCc1ccccc1. The third-order valence-electron chi connectivity index (χ3n) is 3.22. The number of guanidine groups is 1. The van der Waals surface area contributed by atoms with Crippen LogP contribution in [0.1, 0.15) is 11.1 Å². The fourth-order valence-corrected chi connectivity index (χ4v) is 2.07. The van der Waals surface area contributed by atoms with Gasteiger partial charge >= 0.3 is 0 Å². The summed E-state index contributed by atoms with van der Waals surface area (Å²) < 4.78 is 0. The van der Waals surface area contributed by atoms with E-state index in [1.807, 2.05) is 43.3 Å². The molecule has 0 fully saturated rings. The maximum absolute atomic E-state index is 4.66.